The SMILES string of the molecule is Cc1cccc(CC(=O)c2ccc(C(C)C)cc2)c1. The Bertz CT molecular complexity index is 564. The van der Waals surface area contributed by atoms with Crippen molar-refractivity contribution in [2.75, 3.05) is 0 Å². The lowest BCUT2D eigenvalue weighted by Crippen LogP contribution is -2.04. The summed E-state index contributed by atoms with van der Waals surface area (Å²) in [6.45, 7) is 6.36. The molecule has 0 atom stereocenters. The lowest BCUT2D eigenvalue weighted by molar-refractivity contribution is 0.0993. The van der Waals surface area contributed by atoms with Crippen LogP contribution in [0.5, 0.6) is 0 Å². The molecule has 0 fully saturated rings. The Morgan fingerprint density at radius 1 is 1.05 bits per heavy atom. The number of aryl methyl sites for hydroxylation is 1. The smallest absolute Gasteiger partial charge is 0.167 e. The van der Waals surface area contributed by atoms with E-state index in [2.05, 4.69) is 19.9 Å². The summed E-state index contributed by atoms with van der Waals surface area (Å²) in [6.07, 6.45) is 0.475. The van der Waals surface area contributed by atoms with Crippen molar-refractivity contribution in [3.05, 3.63) is 70.8 Å². The molecule has 0 heterocycles. The molecule has 0 saturated carbocycles. The van der Waals surface area contributed by atoms with E-state index in [1.807, 2.05) is 49.4 Å². The molecule has 0 bridgehead atoms. The van der Waals surface area contributed by atoms with Gasteiger partial charge in [0.05, 0.1) is 0 Å². The van der Waals surface area contributed by atoms with Gasteiger partial charge in [0.25, 0.3) is 0 Å². The van der Waals surface area contributed by atoms with Gasteiger partial charge in [0.2, 0.25) is 0 Å². The summed E-state index contributed by atoms with van der Waals surface area (Å²) < 4.78 is 0. The summed E-state index contributed by atoms with van der Waals surface area (Å²) in [5.74, 6) is 0.682. The molecule has 0 aromatic heterocycles. The van der Waals surface area contributed by atoms with Crippen molar-refractivity contribution < 1.29 is 4.79 Å². The maximum absolute atomic E-state index is 12.2. The van der Waals surface area contributed by atoms with Gasteiger partial charge in [-0.25, -0.2) is 0 Å². The molecule has 0 amide bonds. The molecule has 0 unspecified atom stereocenters. The Kier molecular flexibility index (Phi) is 4.16. The molecule has 1 nitrogen and oxygen atoms in total. The first kappa shape index (κ1) is 13.5. The molecule has 98 valence electrons. The Labute approximate surface area is 115 Å². The van der Waals surface area contributed by atoms with Crippen molar-refractivity contribution in [3.8, 4) is 0 Å². The lowest BCUT2D eigenvalue weighted by atomic mass is 9.98. The molecule has 0 radical (unpaired) electrons. The van der Waals surface area contributed by atoms with Crippen LogP contribution in [-0.4, -0.2) is 5.78 Å². The fourth-order valence-electron chi connectivity index (χ4n) is 2.16. The van der Waals surface area contributed by atoms with Crippen LogP contribution in [0.4, 0.5) is 0 Å². The van der Waals surface area contributed by atoms with Gasteiger partial charge >= 0.3 is 0 Å². The zero-order chi connectivity index (χ0) is 13.8. The maximum atomic E-state index is 12.2. The molecular formula is C18H20O. The average Bonchev–Trinajstić information content (AvgIpc) is 2.39. The standard InChI is InChI=1S/C18H20O/c1-13(2)16-7-9-17(10-8-16)18(19)12-15-6-4-5-14(3)11-15/h4-11,13H,12H2,1-3H3. The van der Waals surface area contributed by atoms with Crippen molar-refractivity contribution in [3.63, 3.8) is 0 Å². The second-order valence-electron chi connectivity index (χ2n) is 5.37. The van der Waals surface area contributed by atoms with Crippen molar-refractivity contribution in [1.82, 2.24) is 0 Å². The topological polar surface area (TPSA) is 17.1 Å². The van der Waals surface area contributed by atoms with Gasteiger partial charge in [-0.2, -0.15) is 0 Å². The number of benzene rings is 2. The second kappa shape index (κ2) is 5.83. The first-order chi connectivity index (χ1) is 9.06. The van der Waals surface area contributed by atoms with Gasteiger partial charge in [-0.05, 0) is 24.0 Å². The van der Waals surface area contributed by atoms with Gasteiger partial charge in [0, 0.05) is 12.0 Å². The van der Waals surface area contributed by atoms with Crippen molar-refractivity contribution >= 4 is 5.78 Å². The summed E-state index contributed by atoms with van der Waals surface area (Å²) in [7, 11) is 0. The largest absolute Gasteiger partial charge is 0.294 e. The number of ketones is 1. The van der Waals surface area contributed by atoms with Gasteiger partial charge in [0.1, 0.15) is 0 Å². The van der Waals surface area contributed by atoms with Crippen LogP contribution in [0.2, 0.25) is 0 Å². The number of carbonyl (C=O) groups is 1. The molecule has 0 aliphatic carbocycles. The number of hydrogen-bond acceptors (Lipinski definition) is 1. The Hall–Kier alpha value is -1.89. The molecule has 0 saturated heterocycles. The van der Waals surface area contributed by atoms with Crippen LogP contribution in [0.25, 0.3) is 0 Å². The molecule has 19 heavy (non-hydrogen) atoms. The van der Waals surface area contributed by atoms with E-state index in [1.54, 1.807) is 0 Å². The fourth-order valence-corrected chi connectivity index (χ4v) is 2.16. The van der Waals surface area contributed by atoms with E-state index in [4.69, 9.17) is 0 Å². The first-order valence-electron chi connectivity index (χ1n) is 6.75. The highest BCUT2D eigenvalue weighted by Gasteiger charge is 2.08. The minimum absolute atomic E-state index is 0.181. The minimum Gasteiger partial charge on any atom is -0.294 e. The molecule has 1 heteroatoms. The Morgan fingerprint density at radius 3 is 2.32 bits per heavy atom. The Balaban J connectivity index is 2.11. The van der Waals surface area contributed by atoms with Crippen molar-refractivity contribution in [2.24, 2.45) is 0 Å². The maximum Gasteiger partial charge on any atom is 0.167 e. The summed E-state index contributed by atoms with van der Waals surface area (Å²) in [5, 5.41) is 0. The molecular weight excluding hydrogens is 232 g/mol. The van der Waals surface area contributed by atoms with E-state index in [0.29, 0.717) is 12.3 Å². The van der Waals surface area contributed by atoms with Crippen LogP contribution >= 0.6 is 0 Å². The number of hydrogen-bond donors (Lipinski definition) is 0. The lowest BCUT2D eigenvalue weighted by Gasteiger charge is -2.07. The Morgan fingerprint density at radius 2 is 1.74 bits per heavy atom. The first-order valence-corrected chi connectivity index (χ1v) is 6.75. The zero-order valence-corrected chi connectivity index (χ0v) is 11.8. The van der Waals surface area contributed by atoms with Crippen molar-refractivity contribution in [1.29, 1.82) is 0 Å². The highest BCUT2D eigenvalue weighted by molar-refractivity contribution is 5.97. The minimum atomic E-state index is 0.181. The van der Waals surface area contributed by atoms with Crippen molar-refractivity contribution in [2.45, 2.75) is 33.1 Å². The molecule has 0 aliphatic heterocycles. The second-order valence-corrected chi connectivity index (χ2v) is 5.37. The quantitative estimate of drug-likeness (QED) is 0.730. The number of carbonyl (C=O) groups excluding carboxylic acids is 1. The van der Waals surface area contributed by atoms with Crippen LogP contribution in [0, 0.1) is 6.92 Å². The van der Waals surface area contributed by atoms with Crippen LogP contribution < -0.4 is 0 Å². The molecule has 0 spiro atoms. The summed E-state index contributed by atoms with van der Waals surface area (Å²) in [6, 6.07) is 16.1. The van der Waals surface area contributed by atoms with Gasteiger partial charge in [-0.3, -0.25) is 4.79 Å². The third kappa shape index (κ3) is 3.54. The predicted octanol–water partition coefficient (Wildman–Crippen LogP) is 4.54. The van der Waals surface area contributed by atoms with Crippen LogP contribution in [0.1, 0.15) is 46.8 Å². The molecule has 0 aliphatic rings. The third-order valence-corrected chi connectivity index (χ3v) is 3.35. The van der Waals surface area contributed by atoms with E-state index in [9.17, 15) is 4.79 Å². The van der Waals surface area contributed by atoms with E-state index >= 15 is 0 Å². The predicted molar refractivity (Wildman–Crippen MR) is 79.7 cm³/mol. The number of Topliss-reactive ketones (excluding diaryl/α,β-unsaturated/α-hetero) is 1. The average molecular weight is 252 g/mol. The molecule has 0 N–H and O–H groups in total. The number of rotatable bonds is 4. The molecule has 2 rings (SSSR count). The third-order valence-electron chi connectivity index (χ3n) is 3.35. The van der Waals surface area contributed by atoms with Crippen LogP contribution in [0.15, 0.2) is 48.5 Å². The van der Waals surface area contributed by atoms with Gasteiger partial charge < -0.3 is 0 Å². The molecule has 2 aromatic carbocycles. The van der Waals surface area contributed by atoms with E-state index in [0.717, 1.165) is 11.1 Å². The van der Waals surface area contributed by atoms with Gasteiger partial charge in [0.15, 0.2) is 5.78 Å². The summed E-state index contributed by atoms with van der Waals surface area (Å²) in [5.41, 5.74) is 4.34. The highest BCUT2D eigenvalue weighted by atomic mass is 16.1. The fraction of sp³-hybridized carbons (Fsp3) is 0.278. The zero-order valence-electron chi connectivity index (χ0n) is 11.8. The molecule has 2 aromatic rings. The van der Waals surface area contributed by atoms with E-state index in [-0.39, 0.29) is 5.78 Å². The summed E-state index contributed by atoms with van der Waals surface area (Å²) >= 11 is 0. The highest BCUT2D eigenvalue weighted by Crippen LogP contribution is 2.16. The van der Waals surface area contributed by atoms with Gasteiger partial charge in [-0.15, -0.1) is 0 Å². The van der Waals surface area contributed by atoms with Gasteiger partial charge in [-0.1, -0.05) is 67.9 Å². The van der Waals surface area contributed by atoms with Crippen LogP contribution in [0.3, 0.4) is 0 Å². The normalized spacial score (nSPS) is 10.7. The van der Waals surface area contributed by atoms with E-state index in [1.165, 1.54) is 11.1 Å². The van der Waals surface area contributed by atoms with Crippen LogP contribution in [-0.2, 0) is 6.42 Å². The monoisotopic (exact) mass is 252 g/mol. The summed E-state index contributed by atoms with van der Waals surface area (Å²) in [4.78, 5) is 12.2. The van der Waals surface area contributed by atoms with E-state index < -0.39 is 0 Å².